The van der Waals surface area contributed by atoms with Gasteiger partial charge in [-0.25, -0.2) is 0 Å². The Bertz CT molecular complexity index is 581. The number of hydrogen-bond donors (Lipinski definition) is 3. The molecule has 0 saturated heterocycles. The van der Waals surface area contributed by atoms with Gasteiger partial charge < -0.3 is 20.6 Å². The summed E-state index contributed by atoms with van der Waals surface area (Å²) in [5, 5.41) is 14.9. The molecule has 7 heteroatoms. The van der Waals surface area contributed by atoms with E-state index in [1.807, 2.05) is 19.9 Å². The van der Waals surface area contributed by atoms with E-state index in [2.05, 4.69) is 10.6 Å². The van der Waals surface area contributed by atoms with Crippen molar-refractivity contribution in [1.82, 2.24) is 15.5 Å². The van der Waals surface area contributed by atoms with Crippen molar-refractivity contribution in [3.8, 4) is 0 Å². The maximum atomic E-state index is 12.4. The summed E-state index contributed by atoms with van der Waals surface area (Å²) in [5.41, 5.74) is 0.940. The zero-order valence-corrected chi connectivity index (χ0v) is 15.7. The number of carbonyl (C=O) groups is 3. The molecule has 3 atom stereocenters. The number of hydrogen-bond acceptors (Lipinski definition) is 4. The molecule has 140 valence electrons. The van der Waals surface area contributed by atoms with Gasteiger partial charge in [0.15, 0.2) is 0 Å². The Morgan fingerprint density at radius 2 is 1.76 bits per heavy atom. The number of aliphatic hydroxyl groups is 1. The van der Waals surface area contributed by atoms with Crippen LogP contribution in [0.4, 0.5) is 0 Å². The number of likely N-dealkylation sites (N-methyl/N-ethyl adjacent to an activating group) is 1. The lowest BCUT2D eigenvalue weighted by atomic mass is 10.0. The lowest BCUT2D eigenvalue weighted by Crippen LogP contribution is -2.53. The Kier molecular flexibility index (Phi) is 7.36. The quantitative estimate of drug-likeness (QED) is 0.651. The summed E-state index contributed by atoms with van der Waals surface area (Å²) in [4.78, 5) is 38.0. The molecule has 1 unspecified atom stereocenters. The minimum absolute atomic E-state index is 0.202. The SMILES string of the molecule is CC(C)C1=C[C@H](NC(=O)C(C)NC(=O)[C@@H](O)C(C)C)C(=O)N(C)C=C1. The molecular formula is C18H29N3O4. The Morgan fingerprint density at radius 1 is 1.16 bits per heavy atom. The van der Waals surface area contributed by atoms with Crippen molar-refractivity contribution in [2.45, 2.75) is 52.8 Å². The standard InChI is InChI=1S/C18H29N3O4/c1-10(2)13-7-8-21(6)18(25)14(9-13)20-16(23)12(5)19-17(24)15(22)11(3)4/h7-12,14-15,22H,1-6H3,(H,19,24)(H,20,23)/t12?,14-,15-/m0/s1. The number of nitrogens with zero attached hydrogens (tertiary/aromatic N) is 1. The highest BCUT2D eigenvalue weighted by Crippen LogP contribution is 2.16. The van der Waals surface area contributed by atoms with Crippen LogP contribution in [0.15, 0.2) is 23.9 Å². The molecule has 0 aromatic carbocycles. The van der Waals surface area contributed by atoms with Crippen molar-refractivity contribution in [2.24, 2.45) is 11.8 Å². The third kappa shape index (κ3) is 5.70. The van der Waals surface area contributed by atoms with E-state index < -0.39 is 30.0 Å². The second-order valence-electron chi connectivity index (χ2n) is 6.99. The summed E-state index contributed by atoms with van der Waals surface area (Å²) in [6.07, 6.45) is 4.06. The van der Waals surface area contributed by atoms with E-state index in [1.165, 1.54) is 11.8 Å². The molecule has 1 heterocycles. The van der Waals surface area contributed by atoms with Gasteiger partial charge >= 0.3 is 0 Å². The highest BCUT2D eigenvalue weighted by molar-refractivity contribution is 5.94. The summed E-state index contributed by atoms with van der Waals surface area (Å²) in [6, 6.07) is -1.68. The molecule has 0 saturated carbocycles. The molecule has 3 amide bonds. The summed E-state index contributed by atoms with van der Waals surface area (Å²) in [5.74, 6) is -1.41. The molecule has 0 aliphatic carbocycles. The number of allylic oxidation sites excluding steroid dienone is 2. The normalized spacial score (nSPS) is 20.2. The van der Waals surface area contributed by atoms with Crippen LogP contribution in [0, 0.1) is 11.8 Å². The zero-order valence-electron chi connectivity index (χ0n) is 15.7. The molecule has 0 bridgehead atoms. The molecule has 1 aliphatic heterocycles. The van der Waals surface area contributed by atoms with E-state index in [0.717, 1.165) is 5.57 Å². The predicted octanol–water partition coefficient (Wildman–Crippen LogP) is 0.561. The van der Waals surface area contributed by atoms with Gasteiger partial charge in [0.25, 0.3) is 5.91 Å². The molecule has 0 aromatic rings. The maximum absolute atomic E-state index is 12.4. The highest BCUT2D eigenvalue weighted by Gasteiger charge is 2.28. The van der Waals surface area contributed by atoms with Gasteiger partial charge in [-0.3, -0.25) is 14.4 Å². The minimum Gasteiger partial charge on any atom is -0.383 e. The number of amides is 3. The van der Waals surface area contributed by atoms with Crippen molar-refractivity contribution in [3.05, 3.63) is 23.9 Å². The molecule has 25 heavy (non-hydrogen) atoms. The fraction of sp³-hybridized carbons (Fsp3) is 0.611. The first-order chi connectivity index (χ1) is 11.5. The molecular weight excluding hydrogens is 322 g/mol. The molecule has 1 rings (SSSR count). The molecule has 7 nitrogen and oxygen atoms in total. The summed E-state index contributed by atoms with van der Waals surface area (Å²) in [7, 11) is 1.62. The van der Waals surface area contributed by atoms with Crippen molar-refractivity contribution in [3.63, 3.8) is 0 Å². The second kappa shape index (κ2) is 8.80. The summed E-state index contributed by atoms with van der Waals surface area (Å²) >= 11 is 0. The van der Waals surface area contributed by atoms with Crippen molar-refractivity contribution in [1.29, 1.82) is 0 Å². The van der Waals surface area contributed by atoms with Crippen LogP contribution in [-0.4, -0.2) is 53.0 Å². The van der Waals surface area contributed by atoms with Crippen molar-refractivity contribution >= 4 is 17.7 Å². The average molecular weight is 351 g/mol. The monoisotopic (exact) mass is 351 g/mol. The van der Waals surface area contributed by atoms with Crippen LogP contribution in [-0.2, 0) is 14.4 Å². The molecule has 0 radical (unpaired) electrons. The zero-order chi connectivity index (χ0) is 19.3. The van der Waals surface area contributed by atoms with E-state index in [0.29, 0.717) is 0 Å². The van der Waals surface area contributed by atoms with Crippen LogP contribution in [0.1, 0.15) is 34.6 Å². The summed E-state index contributed by atoms with van der Waals surface area (Å²) in [6.45, 7) is 8.93. The van der Waals surface area contributed by atoms with Crippen LogP contribution in [0.2, 0.25) is 0 Å². The first-order valence-corrected chi connectivity index (χ1v) is 8.50. The van der Waals surface area contributed by atoms with Gasteiger partial charge in [0, 0.05) is 13.2 Å². The van der Waals surface area contributed by atoms with E-state index in [1.54, 1.807) is 33.2 Å². The Balaban J connectivity index is 2.81. The van der Waals surface area contributed by atoms with Crippen molar-refractivity contribution in [2.75, 3.05) is 7.05 Å². The molecule has 1 aliphatic rings. The smallest absolute Gasteiger partial charge is 0.252 e. The van der Waals surface area contributed by atoms with E-state index in [-0.39, 0.29) is 17.7 Å². The number of aliphatic hydroxyl groups excluding tert-OH is 1. The Hall–Kier alpha value is -2.15. The van der Waals surface area contributed by atoms with E-state index >= 15 is 0 Å². The van der Waals surface area contributed by atoms with Crippen molar-refractivity contribution < 1.29 is 19.5 Å². The van der Waals surface area contributed by atoms with Crippen LogP contribution in [0.3, 0.4) is 0 Å². The van der Waals surface area contributed by atoms with Gasteiger partial charge in [-0.15, -0.1) is 0 Å². The largest absolute Gasteiger partial charge is 0.383 e. The first-order valence-electron chi connectivity index (χ1n) is 8.50. The molecule has 3 N–H and O–H groups in total. The van der Waals surface area contributed by atoms with Crippen LogP contribution in [0.5, 0.6) is 0 Å². The van der Waals surface area contributed by atoms with Gasteiger partial charge in [0.05, 0.1) is 0 Å². The van der Waals surface area contributed by atoms with Gasteiger partial charge in [-0.05, 0) is 36.5 Å². The van der Waals surface area contributed by atoms with Gasteiger partial charge in [0.1, 0.15) is 18.2 Å². The minimum atomic E-state index is -1.18. The number of nitrogens with one attached hydrogen (secondary N) is 2. The Labute approximate surface area is 149 Å². The fourth-order valence-electron chi connectivity index (χ4n) is 2.24. The number of rotatable bonds is 6. The van der Waals surface area contributed by atoms with Crippen LogP contribution in [0.25, 0.3) is 0 Å². The predicted molar refractivity (Wildman–Crippen MR) is 95.2 cm³/mol. The average Bonchev–Trinajstić information content (AvgIpc) is 2.67. The molecule has 0 spiro atoms. The maximum Gasteiger partial charge on any atom is 0.252 e. The van der Waals surface area contributed by atoms with Gasteiger partial charge in [0.2, 0.25) is 11.8 Å². The first kappa shape index (κ1) is 20.9. The van der Waals surface area contributed by atoms with Gasteiger partial charge in [-0.1, -0.05) is 27.7 Å². The Morgan fingerprint density at radius 3 is 2.28 bits per heavy atom. The van der Waals surface area contributed by atoms with E-state index in [4.69, 9.17) is 0 Å². The molecule has 0 fully saturated rings. The second-order valence-corrected chi connectivity index (χ2v) is 6.99. The molecule has 0 aromatic heterocycles. The topological polar surface area (TPSA) is 98.7 Å². The fourth-order valence-corrected chi connectivity index (χ4v) is 2.24. The van der Waals surface area contributed by atoms with Crippen LogP contribution >= 0.6 is 0 Å². The van der Waals surface area contributed by atoms with Crippen LogP contribution < -0.4 is 10.6 Å². The lowest BCUT2D eigenvalue weighted by Gasteiger charge is -2.22. The summed E-state index contributed by atoms with van der Waals surface area (Å²) < 4.78 is 0. The highest BCUT2D eigenvalue weighted by atomic mass is 16.3. The lowest BCUT2D eigenvalue weighted by molar-refractivity contribution is -0.136. The van der Waals surface area contributed by atoms with Gasteiger partial charge in [-0.2, -0.15) is 0 Å². The third-order valence-corrected chi connectivity index (χ3v) is 4.08. The number of carbonyl (C=O) groups excluding carboxylic acids is 3. The third-order valence-electron chi connectivity index (χ3n) is 4.08. The van der Waals surface area contributed by atoms with E-state index in [9.17, 15) is 19.5 Å².